The van der Waals surface area contributed by atoms with Crippen LogP contribution in [0.4, 0.5) is 0 Å². The third kappa shape index (κ3) is 19.5. The van der Waals surface area contributed by atoms with E-state index in [2.05, 4.69) is 19.7 Å². The van der Waals surface area contributed by atoms with E-state index in [1.54, 1.807) is 0 Å². The van der Waals surface area contributed by atoms with E-state index < -0.39 is 91.8 Å². The summed E-state index contributed by atoms with van der Waals surface area (Å²) in [6.45, 7) is 14.1. The molecular weight excluding hydrogens is 640 g/mol. The number of carbonyl (C=O) groups excluding carboxylic acids is 6. The average Bonchev–Trinajstić information content (AvgIpc) is 2.98. The van der Waals surface area contributed by atoms with Crippen molar-refractivity contribution in [1.29, 1.82) is 0 Å². The van der Waals surface area contributed by atoms with E-state index in [4.69, 9.17) is 38.6 Å². The molecule has 48 heavy (non-hydrogen) atoms. The molecule has 0 saturated heterocycles. The van der Waals surface area contributed by atoms with Gasteiger partial charge in [0.2, 0.25) is 0 Å². The van der Waals surface area contributed by atoms with Gasteiger partial charge in [0.25, 0.3) is 0 Å². The minimum atomic E-state index is -1.38. The van der Waals surface area contributed by atoms with Crippen molar-refractivity contribution in [1.82, 2.24) is 0 Å². The summed E-state index contributed by atoms with van der Waals surface area (Å²) in [6, 6.07) is 0. The summed E-state index contributed by atoms with van der Waals surface area (Å²) in [4.78, 5) is 94.9. The predicted octanol–water partition coefficient (Wildman–Crippen LogP) is 2.62. The summed E-state index contributed by atoms with van der Waals surface area (Å²) >= 11 is 0. The van der Waals surface area contributed by atoms with Gasteiger partial charge in [-0.3, -0.25) is 24.0 Å². The molecule has 0 amide bonds. The lowest BCUT2D eigenvalue weighted by molar-refractivity contribution is -0.170. The molecule has 0 aliphatic heterocycles. The zero-order chi connectivity index (χ0) is 37.0. The molecule has 0 aliphatic rings. The Morgan fingerprint density at radius 3 is 1.29 bits per heavy atom. The van der Waals surface area contributed by atoms with Crippen LogP contribution in [-0.2, 0) is 66.8 Å². The second-order valence-corrected chi connectivity index (χ2v) is 11.3. The molecule has 0 aliphatic carbocycles. The Hall–Kier alpha value is -5.02. The number of carboxylic acids is 2. The van der Waals surface area contributed by atoms with E-state index in [9.17, 15) is 38.4 Å². The molecule has 0 radical (unpaired) electrons. The molecule has 2 atom stereocenters. The van der Waals surface area contributed by atoms with Gasteiger partial charge in [-0.25, -0.2) is 14.4 Å². The SMILES string of the molecule is C=C(C)C(=O)OCC(COC(=O)C(=C)CC(C)(C)C(=O)OCC(COC(=O)C(=C)C)OC(=O)CCCC(=O)O)OC(=O)CCCC(=O)O. The summed E-state index contributed by atoms with van der Waals surface area (Å²) < 4.78 is 30.8. The molecule has 0 heterocycles. The van der Waals surface area contributed by atoms with Crippen LogP contribution in [0, 0.1) is 5.41 Å². The summed E-state index contributed by atoms with van der Waals surface area (Å²) in [6.07, 6.45) is -3.83. The molecule has 0 spiro atoms. The first-order valence-corrected chi connectivity index (χ1v) is 14.7. The number of ether oxygens (including phenoxy) is 6. The lowest BCUT2D eigenvalue weighted by atomic mass is 9.86. The standard InChI is InChI=1S/C32H44O16/c1-19(2)28(39)43-15-22(47-26(37)12-8-10-24(33)34)17-45-30(41)21(5)14-32(6,7)31(42)46-18-23(16-44-29(40)20(3)4)48-27(38)13-9-11-25(35)36/h22-23H,1,3,5,8-18H2,2,4,6-7H3,(H,33,34)(H,35,36). The summed E-state index contributed by atoms with van der Waals surface area (Å²) in [5.74, 6) is -7.24. The third-order valence-electron chi connectivity index (χ3n) is 5.93. The number of carboxylic acid groups (broad SMARTS) is 2. The van der Waals surface area contributed by atoms with Crippen LogP contribution in [0.15, 0.2) is 36.5 Å². The van der Waals surface area contributed by atoms with Gasteiger partial charge in [0.15, 0.2) is 12.2 Å². The Bertz CT molecular complexity index is 1240. The van der Waals surface area contributed by atoms with Gasteiger partial charge in [-0.1, -0.05) is 19.7 Å². The average molecular weight is 685 g/mol. The Morgan fingerprint density at radius 1 is 0.583 bits per heavy atom. The normalized spacial score (nSPS) is 11.9. The molecule has 16 nitrogen and oxygen atoms in total. The molecular formula is C32H44O16. The van der Waals surface area contributed by atoms with Gasteiger partial charge in [0.1, 0.15) is 26.4 Å². The van der Waals surface area contributed by atoms with Crippen LogP contribution in [0.25, 0.3) is 0 Å². The van der Waals surface area contributed by atoms with Crippen molar-refractivity contribution in [3.63, 3.8) is 0 Å². The highest BCUT2D eigenvalue weighted by molar-refractivity contribution is 5.89. The first kappa shape index (κ1) is 43.0. The van der Waals surface area contributed by atoms with Crippen molar-refractivity contribution in [3.05, 3.63) is 36.5 Å². The monoisotopic (exact) mass is 684 g/mol. The van der Waals surface area contributed by atoms with Crippen LogP contribution < -0.4 is 0 Å². The van der Waals surface area contributed by atoms with Gasteiger partial charge >= 0.3 is 47.8 Å². The lowest BCUT2D eigenvalue weighted by Crippen LogP contribution is -2.35. The Balaban J connectivity index is 5.28. The number of aliphatic carboxylic acids is 2. The third-order valence-corrected chi connectivity index (χ3v) is 5.93. The van der Waals surface area contributed by atoms with E-state index in [0.29, 0.717) is 0 Å². The van der Waals surface area contributed by atoms with Crippen LogP contribution in [0.3, 0.4) is 0 Å². The zero-order valence-corrected chi connectivity index (χ0v) is 27.7. The van der Waals surface area contributed by atoms with E-state index in [1.807, 2.05) is 0 Å². The molecule has 0 rings (SSSR count). The summed E-state index contributed by atoms with van der Waals surface area (Å²) in [7, 11) is 0. The van der Waals surface area contributed by atoms with Crippen molar-refractivity contribution >= 4 is 47.8 Å². The highest BCUT2D eigenvalue weighted by Gasteiger charge is 2.34. The van der Waals surface area contributed by atoms with Gasteiger partial charge in [0, 0.05) is 42.4 Å². The number of carbonyl (C=O) groups is 8. The van der Waals surface area contributed by atoms with Gasteiger partial charge in [-0.2, -0.15) is 0 Å². The fourth-order valence-corrected chi connectivity index (χ4v) is 3.39. The molecule has 2 N–H and O–H groups in total. The van der Waals surface area contributed by atoms with Crippen molar-refractivity contribution in [2.45, 2.75) is 84.8 Å². The second-order valence-electron chi connectivity index (χ2n) is 11.3. The van der Waals surface area contributed by atoms with Gasteiger partial charge in [0.05, 0.1) is 5.41 Å². The molecule has 0 fully saturated rings. The first-order valence-electron chi connectivity index (χ1n) is 14.7. The smallest absolute Gasteiger partial charge is 0.333 e. The topological polar surface area (TPSA) is 232 Å². The van der Waals surface area contributed by atoms with Crippen molar-refractivity contribution in [3.8, 4) is 0 Å². The minimum Gasteiger partial charge on any atom is -0.481 e. The van der Waals surface area contributed by atoms with Crippen molar-refractivity contribution in [2.75, 3.05) is 26.4 Å². The van der Waals surface area contributed by atoms with E-state index in [-0.39, 0.29) is 61.7 Å². The largest absolute Gasteiger partial charge is 0.481 e. The number of esters is 6. The Morgan fingerprint density at radius 2 is 0.938 bits per heavy atom. The number of rotatable bonds is 24. The summed E-state index contributed by atoms with van der Waals surface area (Å²) in [5, 5.41) is 17.5. The number of hydrogen-bond acceptors (Lipinski definition) is 14. The minimum absolute atomic E-state index is 0.00686. The number of hydrogen-bond donors (Lipinski definition) is 2. The van der Waals surface area contributed by atoms with Gasteiger partial charge in [-0.05, 0) is 47.0 Å². The van der Waals surface area contributed by atoms with Crippen molar-refractivity contribution < 1.29 is 77.0 Å². The fraction of sp³-hybridized carbons (Fsp3) is 0.562. The van der Waals surface area contributed by atoms with Crippen LogP contribution in [0.1, 0.15) is 72.6 Å². The van der Waals surface area contributed by atoms with Crippen molar-refractivity contribution in [2.24, 2.45) is 5.41 Å². The molecule has 0 bridgehead atoms. The maximum atomic E-state index is 12.9. The Labute approximate surface area is 278 Å². The van der Waals surface area contributed by atoms with E-state index >= 15 is 0 Å². The molecule has 0 saturated carbocycles. The maximum absolute atomic E-state index is 12.9. The Kier molecular flexibility index (Phi) is 19.4. The summed E-state index contributed by atoms with van der Waals surface area (Å²) in [5.41, 5.74) is -1.43. The highest BCUT2D eigenvalue weighted by Crippen LogP contribution is 2.27. The highest BCUT2D eigenvalue weighted by atomic mass is 16.6. The van der Waals surface area contributed by atoms with Crippen LogP contribution >= 0.6 is 0 Å². The second kappa shape index (κ2) is 21.7. The molecule has 16 heteroatoms. The zero-order valence-electron chi connectivity index (χ0n) is 27.7. The fourth-order valence-electron chi connectivity index (χ4n) is 3.39. The lowest BCUT2D eigenvalue weighted by Gasteiger charge is -2.25. The molecule has 2 unspecified atom stereocenters. The van der Waals surface area contributed by atoms with Gasteiger partial charge in [-0.15, -0.1) is 0 Å². The quantitative estimate of drug-likeness (QED) is 0.0845. The maximum Gasteiger partial charge on any atom is 0.333 e. The molecule has 0 aromatic rings. The van der Waals surface area contributed by atoms with E-state index in [1.165, 1.54) is 27.7 Å². The van der Waals surface area contributed by atoms with Crippen LogP contribution in [-0.4, -0.2) is 96.6 Å². The first-order chi connectivity index (χ1) is 22.2. The molecule has 0 aromatic carbocycles. The van der Waals surface area contributed by atoms with Crippen LogP contribution in [0.2, 0.25) is 0 Å². The van der Waals surface area contributed by atoms with Crippen LogP contribution in [0.5, 0.6) is 0 Å². The molecule has 268 valence electrons. The molecule has 0 aromatic heterocycles. The van der Waals surface area contributed by atoms with Gasteiger partial charge < -0.3 is 38.6 Å². The van der Waals surface area contributed by atoms with E-state index in [0.717, 1.165) is 0 Å². The predicted molar refractivity (Wildman–Crippen MR) is 164 cm³/mol.